The molecule has 0 heterocycles. The molecule has 0 saturated heterocycles. The van der Waals surface area contributed by atoms with Crippen LogP contribution in [0.3, 0.4) is 0 Å². The zero-order chi connectivity index (χ0) is 18.7. The van der Waals surface area contributed by atoms with Crippen LogP contribution in [-0.2, 0) is 6.54 Å². The van der Waals surface area contributed by atoms with E-state index in [2.05, 4.69) is 69.4 Å². The van der Waals surface area contributed by atoms with Crippen molar-refractivity contribution in [2.75, 3.05) is 33.8 Å². The van der Waals surface area contributed by atoms with Crippen molar-refractivity contribution >= 4 is 21.9 Å². The first-order valence-electron chi connectivity index (χ1n) is 9.05. The number of rotatable bonds is 10. The highest BCUT2D eigenvalue weighted by molar-refractivity contribution is 9.10. The molecular formula is C19H33BrN4O. The molecule has 0 aliphatic rings. The third-order valence-corrected chi connectivity index (χ3v) is 4.91. The van der Waals surface area contributed by atoms with Crippen molar-refractivity contribution in [2.45, 2.75) is 46.2 Å². The van der Waals surface area contributed by atoms with Crippen molar-refractivity contribution in [3.8, 4) is 5.75 Å². The topological polar surface area (TPSA) is 48.9 Å². The number of halogens is 1. The monoisotopic (exact) mass is 412 g/mol. The Morgan fingerprint density at radius 1 is 1.32 bits per heavy atom. The number of ether oxygens (including phenoxy) is 1. The van der Waals surface area contributed by atoms with Gasteiger partial charge in [-0.1, -0.05) is 19.9 Å². The summed E-state index contributed by atoms with van der Waals surface area (Å²) < 4.78 is 6.22. The van der Waals surface area contributed by atoms with Gasteiger partial charge in [-0.2, -0.15) is 0 Å². The van der Waals surface area contributed by atoms with Gasteiger partial charge >= 0.3 is 0 Å². The van der Waals surface area contributed by atoms with Crippen LogP contribution < -0.4 is 15.4 Å². The van der Waals surface area contributed by atoms with Crippen LogP contribution in [-0.4, -0.2) is 50.7 Å². The molecule has 0 aromatic heterocycles. The van der Waals surface area contributed by atoms with E-state index in [0.29, 0.717) is 12.6 Å². The predicted molar refractivity (Wildman–Crippen MR) is 111 cm³/mol. The number of aliphatic imine (C=N–C) groups is 1. The van der Waals surface area contributed by atoms with Crippen molar-refractivity contribution in [1.82, 2.24) is 15.5 Å². The van der Waals surface area contributed by atoms with Gasteiger partial charge in [0.25, 0.3) is 0 Å². The molecule has 0 saturated carbocycles. The standard InChI is InChI=1S/C19H33BrN4O/c1-6-24(7-2)12-8-9-15(3)23-19(21-4)22-14-16-10-11-18(25-5)17(20)13-16/h10-11,13,15H,6-9,12,14H2,1-5H3,(H2,21,22,23). The lowest BCUT2D eigenvalue weighted by Gasteiger charge is -2.21. The maximum absolute atomic E-state index is 5.26. The van der Waals surface area contributed by atoms with Gasteiger partial charge in [0.05, 0.1) is 11.6 Å². The molecule has 0 radical (unpaired) electrons. The zero-order valence-electron chi connectivity index (χ0n) is 16.2. The van der Waals surface area contributed by atoms with Crippen molar-refractivity contribution < 1.29 is 4.74 Å². The van der Waals surface area contributed by atoms with Crippen LogP contribution >= 0.6 is 15.9 Å². The fourth-order valence-corrected chi connectivity index (χ4v) is 3.25. The van der Waals surface area contributed by atoms with Crippen LogP contribution in [0.25, 0.3) is 0 Å². The van der Waals surface area contributed by atoms with Crippen LogP contribution in [0.15, 0.2) is 27.7 Å². The summed E-state index contributed by atoms with van der Waals surface area (Å²) in [5.74, 6) is 1.68. The summed E-state index contributed by atoms with van der Waals surface area (Å²) >= 11 is 3.52. The van der Waals surface area contributed by atoms with E-state index in [1.165, 1.54) is 12.0 Å². The first kappa shape index (κ1) is 21.8. The van der Waals surface area contributed by atoms with E-state index < -0.39 is 0 Å². The summed E-state index contributed by atoms with van der Waals surface area (Å²) in [5.41, 5.74) is 1.17. The van der Waals surface area contributed by atoms with Crippen molar-refractivity contribution in [3.63, 3.8) is 0 Å². The van der Waals surface area contributed by atoms with E-state index in [0.717, 1.165) is 42.2 Å². The molecule has 5 nitrogen and oxygen atoms in total. The van der Waals surface area contributed by atoms with E-state index in [9.17, 15) is 0 Å². The van der Waals surface area contributed by atoms with Crippen LogP contribution in [0.1, 0.15) is 39.2 Å². The van der Waals surface area contributed by atoms with E-state index >= 15 is 0 Å². The van der Waals surface area contributed by atoms with Crippen molar-refractivity contribution in [1.29, 1.82) is 0 Å². The van der Waals surface area contributed by atoms with Gasteiger partial charge in [0.2, 0.25) is 0 Å². The number of nitrogens with one attached hydrogen (secondary N) is 2. The third kappa shape index (κ3) is 8.10. The summed E-state index contributed by atoms with van der Waals surface area (Å²) in [6, 6.07) is 6.47. The Kier molecular flexibility index (Phi) is 10.6. The van der Waals surface area contributed by atoms with Gasteiger partial charge < -0.3 is 20.3 Å². The van der Waals surface area contributed by atoms with Gasteiger partial charge in [-0.05, 0) is 73.0 Å². The molecule has 1 unspecified atom stereocenters. The highest BCUT2D eigenvalue weighted by Crippen LogP contribution is 2.25. The molecule has 2 N–H and O–H groups in total. The van der Waals surface area contributed by atoms with Gasteiger partial charge in [0, 0.05) is 19.6 Å². The summed E-state index contributed by atoms with van der Waals surface area (Å²) in [6.07, 6.45) is 2.32. The Hall–Kier alpha value is -1.27. The first-order valence-corrected chi connectivity index (χ1v) is 9.85. The van der Waals surface area contributed by atoms with Crippen LogP contribution in [0.5, 0.6) is 5.75 Å². The second-order valence-electron chi connectivity index (χ2n) is 6.11. The quantitative estimate of drug-likeness (QED) is 0.454. The molecule has 1 aromatic carbocycles. The maximum Gasteiger partial charge on any atom is 0.191 e. The molecule has 1 rings (SSSR count). The Morgan fingerprint density at radius 2 is 2.04 bits per heavy atom. The van der Waals surface area contributed by atoms with Crippen LogP contribution in [0, 0.1) is 0 Å². The van der Waals surface area contributed by atoms with Gasteiger partial charge in [-0.15, -0.1) is 0 Å². The van der Waals surface area contributed by atoms with Crippen molar-refractivity contribution in [3.05, 3.63) is 28.2 Å². The number of methoxy groups -OCH3 is 1. The molecule has 0 aliphatic carbocycles. The largest absolute Gasteiger partial charge is 0.496 e. The smallest absolute Gasteiger partial charge is 0.191 e. The molecule has 0 spiro atoms. The molecule has 0 amide bonds. The molecule has 0 fully saturated rings. The third-order valence-electron chi connectivity index (χ3n) is 4.29. The predicted octanol–water partition coefficient (Wildman–Crippen LogP) is 3.63. The summed E-state index contributed by atoms with van der Waals surface area (Å²) in [4.78, 5) is 6.78. The van der Waals surface area contributed by atoms with Crippen LogP contribution in [0.4, 0.5) is 0 Å². The maximum atomic E-state index is 5.26. The first-order chi connectivity index (χ1) is 12.0. The fraction of sp³-hybridized carbons (Fsp3) is 0.632. The van der Waals surface area contributed by atoms with Gasteiger partial charge in [0.1, 0.15) is 5.75 Å². The fourth-order valence-electron chi connectivity index (χ4n) is 2.67. The Labute approximate surface area is 161 Å². The Balaban J connectivity index is 2.40. The number of guanidine groups is 1. The van der Waals surface area contributed by atoms with E-state index in [1.807, 2.05) is 13.1 Å². The minimum absolute atomic E-state index is 0.393. The average Bonchev–Trinajstić information content (AvgIpc) is 2.62. The SMILES string of the molecule is CCN(CC)CCCC(C)NC(=NC)NCc1ccc(OC)c(Br)c1. The Morgan fingerprint density at radius 3 is 2.60 bits per heavy atom. The average molecular weight is 413 g/mol. The summed E-state index contributed by atoms with van der Waals surface area (Å²) in [6.45, 7) is 10.8. The minimum atomic E-state index is 0.393. The molecule has 0 aliphatic heterocycles. The van der Waals surface area contributed by atoms with Gasteiger partial charge in [-0.25, -0.2) is 0 Å². The molecule has 142 valence electrons. The molecule has 1 aromatic rings. The summed E-state index contributed by atoms with van der Waals surface area (Å²) in [5, 5.41) is 6.84. The summed E-state index contributed by atoms with van der Waals surface area (Å²) in [7, 11) is 3.48. The van der Waals surface area contributed by atoms with Gasteiger partial charge in [-0.3, -0.25) is 4.99 Å². The lowest BCUT2D eigenvalue weighted by atomic mass is 10.2. The zero-order valence-corrected chi connectivity index (χ0v) is 17.8. The van der Waals surface area contributed by atoms with E-state index in [1.54, 1.807) is 7.11 Å². The second-order valence-corrected chi connectivity index (χ2v) is 6.96. The molecule has 6 heteroatoms. The molecule has 0 bridgehead atoms. The molecule has 1 atom stereocenters. The normalized spacial score (nSPS) is 13.0. The lowest BCUT2D eigenvalue weighted by molar-refractivity contribution is 0.292. The number of benzene rings is 1. The minimum Gasteiger partial charge on any atom is -0.496 e. The highest BCUT2D eigenvalue weighted by atomic mass is 79.9. The van der Waals surface area contributed by atoms with Crippen LogP contribution in [0.2, 0.25) is 0 Å². The molecular weight excluding hydrogens is 380 g/mol. The van der Waals surface area contributed by atoms with E-state index in [-0.39, 0.29) is 0 Å². The molecule has 25 heavy (non-hydrogen) atoms. The van der Waals surface area contributed by atoms with Gasteiger partial charge in [0.15, 0.2) is 5.96 Å². The second kappa shape index (κ2) is 12.1. The van der Waals surface area contributed by atoms with E-state index in [4.69, 9.17) is 4.74 Å². The number of hydrogen-bond donors (Lipinski definition) is 2. The Bertz CT molecular complexity index is 532. The highest BCUT2D eigenvalue weighted by Gasteiger charge is 2.07. The van der Waals surface area contributed by atoms with Crippen molar-refractivity contribution in [2.24, 2.45) is 4.99 Å². The number of hydrogen-bond acceptors (Lipinski definition) is 3. The lowest BCUT2D eigenvalue weighted by Crippen LogP contribution is -2.42. The number of nitrogens with zero attached hydrogens (tertiary/aromatic N) is 2.